The molecule has 146 valence electrons. The molecular formula is C18H21NO8. The number of rotatable bonds is 3. The smallest absolute Gasteiger partial charge is 0.269 e. The van der Waals surface area contributed by atoms with Crippen LogP contribution in [0.15, 0.2) is 24.3 Å². The molecule has 27 heavy (non-hydrogen) atoms. The molecule has 4 aliphatic rings. The number of nitro benzene ring substituents is 1. The maximum absolute atomic E-state index is 11.5. The molecule has 4 heterocycles. The van der Waals surface area contributed by atoms with Crippen molar-refractivity contribution in [1.82, 2.24) is 0 Å². The van der Waals surface area contributed by atoms with Crippen molar-refractivity contribution in [3.05, 3.63) is 39.9 Å². The number of nitro groups is 1. The van der Waals surface area contributed by atoms with Crippen molar-refractivity contribution in [2.75, 3.05) is 6.61 Å². The number of fused-ring (bicyclic) bond motifs is 6. The summed E-state index contributed by atoms with van der Waals surface area (Å²) in [4.78, 5) is 10.4. The molecule has 6 atom stereocenters. The summed E-state index contributed by atoms with van der Waals surface area (Å²) >= 11 is 0. The number of ether oxygens (including phenoxy) is 5. The van der Waals surface area contributed by atoms with E-state index in [1.54, 1.807) is 26.0 Å². The van der Waals surface area contributed by atoms with Gasteiger partial charge >= 0.3 is 0 Å². The fourth-order valence-electron chi connectivity index (χ4n) is 4.66. The third kappa shape index (κ3) is 2.61. The first kappa shape index (κ1) is 17.5. The number of hydrogen-bond donors (Lipinski definition) is 1. The number of hydrogen-bond acceptors (Lipinski definition) is 8. The average molecular weight is 379 g/mol. The van der Waals surface area contributed by atoms with E-state index in [0.717, 1.165) is 5.56 Å². The van der Waals surface area contributed by atoms with Crippen LogP contribution in [0.25, 0.3) is 0 Å². The number of nitrogens with zero attached hydrogens (tertiary/aromatic N) is 1. The maximum atomic E-state index is 11.5. The first-order chi connectivity index (χ1) is 12.7. The number of aliphatic hydroxyl groups is 1. The van der Waals surface area contributed by atoms with Gasteiger partial charge in [0.25, 0.3) is 5.69 Å². The van der Waals surface area contributed by atoms with E-state index < -0.39 is 46.7 Å². The maximum Gasteiger partial charge on any atom is 0.269 e. The average Bonchev–Trinajstić information content (AvgIpc) is 3.18. The van der Waals surface area contributed by atoms with Gasteiger partial charge in [0.05, 0.1) is 11.5 Å². The molecule has 4 fully saturated rings. The molecular weight excluding hydrogens is 358 g/mol. The fraction of sp³-hybridized carbons (Fsp3) is 0.667. The van der Waals surface area contributed by atoms with Crippen molar-refractivity contribution in [2.24, 2.45) is 0 Å². The van der Waals surface area contributed by atoms with Crippen LogP contribution in [0.4, 0.5) is 5.69 Å². The van der Waals surface area contributed by atoms with Crippen molar-refractivity contribution < 1.29 is 33.7 Å². The highest BCUT2D eigenvalue weighted by Gasteiger charge is 2.71. The van der Waals surface area contributed by atoms with E-state index in [1.165, 1.54) is 12.1 Å². The van der Waals surface area contributed by atoms with Crippen LogP contribution in [-0.4, -0.2) is 58.4 Å². The molecule has 1 aromatic rings. The van der Waals surface area contributed by atoms with E-state index in [2.05, 4.69) is 0 Å². The highest BCUT2D eigenvalue weighted by atomic mass is 16.9. The molecule has 1 aromatic carbocycles. The quantitative estimate of drug-likeness (QED) is 0.617. The minimum absolute atomic E-state index is 0.0332. The van der Waals surface area contributed by atoms with Gasteiger partial charge in [-0.1, -0.05) is 12.1 Å². The van der Waals surface area contributed by atoms with Gasteiger partial charge in [-0.3, -0.25) is 10.1 Å². The Morgan fingerprint density at radius 1 is 1.15 bits per heavy atom. The largest absolute Gasteiger partial charge is 0.384 e. The predicted molar refractivity (Wildman–Crippen MR) is 88.6 cm³/mol. The van der Waals surface area contributed by atoms with Gasteiger partial charge in [0.1, 0.15) is 23.4 Å². The van der Waals surface area contributed by atoms with Crippen molar-refractivity contribution >= 4 is 5.69 Å². The highest BCUT2D eigenvalue weighted by Crippen LogP contribution is 2.54. The molecule has 9 heteroatoms. The zero-order valence-corrected chi connectivity index (χ0v) is 15.0. The summed E-state index contributed by atoms with van der Waals surface area (Å²) < 4.78 is 29.4. The fourth-order valence-corrected chi connectivity index (χ4v) is 4.66. The van der Waals surface area contributed by atoms with Crippen molar-refractivity contribution in [3.63, 3.8) is 0 Å². The minimum atomic E-state index is -1.29. The molecule has 5 rings (SSSR count). The predicted octanol–water partition coefficient (Wildman–Crippen LogP) is 1.26. The van der Waals surface area contributed by atoms with Crippen molar-refractivity contribution in [1.29, 1.82) is 0 Å². The lowest BCUT2D eigenvalue weighted by Gasteiger charge is -2.44. The highest BCUT2D eigenvalue weighted by molar-refractivity contribution is 5.34. The summed E-state index contributed by atoms with van der Waals surface area (Å²) in [6.07, 6.45) is -1.96. The second kappa shape index (κ2) is 5.47. The summed E-state index contributed by atoms with van der Waals surface area (Å²) in [5.41, 5.74) is -1.14. The van der Waals surface area contributed by atoms with Crippen LogP contribution in [-0.2, 0) is 30.1 Å². The van der Waals surface area contributed by atoms with Gasteiger partial charge in [0.2, 0.25) is 0 Å². The molecule has 4 aliphatic heterocycles. The summed E-state index contributed by atoms with van der Waals surface area (Å²) in [6, 6.07) is 6.33. The van der Waals surface area contributed by atoms with Crippen molar-refractivity contribution in [3.8, 4) is 0 Å². The van der Waals surface area contributed by atoms with Crippen molar-refractivity contribution in [2.45, 2.75) is 68.5 Å². The van der Waals surface area contributed by atoms with Crippen LogP contribution in [0.3, 0.4) is 0 Å². The topological polar surface area (TPSA) is 110 Å². The van der Waals surface area contributed by atoms with Crippen LogP contribution in [0.2, 0.25) is 0 Å². The van der Waals surface area contributed by atoms with Crippen LogP contribution in [0, 0.1) is 10.1 Å². The van der Waals surface area contributed by atoms with Gasteiger partial charge < -0.3 is 28.8 Å². The summed E-state index contributed by atoms with van der Waals surface area (Å²) in [5, 5.41) is 22.3. The lowest BCUT2D eigenvalue weighted by Crippen LogP contribution is -2.61. The molecule has 9 nitrogen and oxygen atoms in total. The van der Waals surface area contributed by atoms with Crippen LogP contribution >= 0.6 is 0 Å². The first-order valence-corrected chi connectivity index (χ1v) is 8.96. The summed E-state index contributed by atoms with van der Waals surface area (Å²) in [7, 11) is 0. The van der Waals surface area contributed by atoms with Crippen LogP contribution in [0.5, 0.6) is 0 Å². The Bertz CT molecular complexity index is 782. The molecule has 0 amide bonds. The van der Waals surface area contributed by atoms with Gasteiger partial charge in [-0.15, -0.1) is 0 Å². The Hall–Kier alpha value is -1.62. The third-order valence-electron chi connectivity index (χ3n) is 5.73. The SMILES string of the molecule is CC1(C)O[C@H]2O[C@@H]3[C@H]4OC[C@@](Cc5ccc([N+](=O)[O-])cc5)(C[C@]3(O)[C@H]2O1)O4. The van der Waals surface area contributed by atoms with Crippen LogP contribution in [0.1, 0.15) is 25.8 Å². The molecule has 2 bridgehead atoms. The van der Waals surface area contributed by atoms with Gasteiger partial charge in [-0.2, -0.15) is 0 Å². The molecule has 4 saturated heterocycles. The second-order valence-electron chi connectivity index (χ2n) is 8.23. The van der Waals surface area contributed by atoms with Gasteiger partial charge in [-0.25, -0.2) is 0 Å². The van der Waals surface area contributed by atoms with E-state index in [-0.39, 0.29) is 12.1 Å². The van der Waals surface area contributed by atoms with Gasteiger partial charge in [0, 0.05) is 25.0 Å². The molecule has 0 aromatic heterocycles. The number of benzene rings is 1. The zero-order chi connectivity index (χ0) is 19.0. The van der Waals surface area contributed by atoms with Gasteiger partial charge in [-0.05, 0) is 19.4 Å². The summed E-state index contributed by atoms with van der Waals surface area (Å²) in [6.45, 7) is 3.87. The van der Waals surface area contributed by atoms with Crippen LogP contribution < -0.4 is 0 Å². The van der Waals surface area contributed by atoms with E-state index >= 15 is 0 Å². The lowest BCUT2D eigenvalue weighted by atomic mass is 9.77. The molecule has 0 spiro atoms. The molecule has 0 unspecified atom stereocenters. The zero-order valence-electron chi connectivity index (χ0n) is 15.0. The van der Waals surface area contributed by atoms with E-state index in [4.69, 9.17) is 23.7 Å². The lowest BCUT2D eigenvalue weighted by molar-refractivity contribution is -0.384. The molecule has 0 saturated carbocycles. The molecule has 1 N–H and O–H groups in total. The number of non-ortho nitro benzene ring substituents is 1. The van der Waals surface area contributed by atoms with E-state index in [9.17, 15) is 15.2 Å². The second-order valence-corrected chi connectivity index (χ2v) is 8.23. The minimum Gasteiger partial charge on any atom is -0.384 e. The standard InChI is InChI=1S/C18H21NO8/c1-16(2)25-13-15(26-16)24-12-14-23-9-17(27-14,8-18(12,13)20)7-10-3-5-11(6-4-10)19(21)22/h3-6,12-15,20H,7-9H2,1-2H3/t12-,13+,14+,15-,17-,18-/m1/s1. The third-order valence-corrected chi connectivity index (χ3v) is 5.73. The Balaban J connectivity index is 1.41. The van der Waals surface area contributed by atoms with E-state index in [0.29, 0.717) is 13.0 Å². The monoisotopic (exact) mass is 379 g/mol. The Morgan fingerprint density at radius 3 is 2.59 bits per heavy atom. The Morgan fingerprint density at radius 2 is 1.89 bits per heavy atom. The molecule has 0 aliphatic carbocycles. The van der Waals surface area contributed by atoms with Gasteiger partial charge in [0.15, 0.2) is 18.4 Å². The summed E-state index contributed by atoms with van der Waals surface area (Å²) in [5.74, 6) is -0.834. The normalized spacial score (nSPS) is 44.1. The molecule has 0 radical (unpaired) electrons. The Labute approximate surface area is 155 Å². The first-order valence-electron chi connectivity index (χ1n) is 8.96. The Kier molecular flexibility index (Phi) is 3.54. The van der Waals surface area contributed by atoms with E-state index in [1.807, 2.05) is 0 Å².